The number of methoxy groups -OCH3 is 1. The molecule has 1 saturated heterocycles. The van der Waals surface area contributed by atoms with E-state index in [-0.39, 0.29) is 18.2 Å². The number of nitrogens with zero attached hydrogens (tertiary/aromatic N) is 3. The molecule has 0 saturated carbocycles. The van der Waals surface area contributed by atoms with Gasteiger partial charge in [0.05, 0.1) is 26.0 Å². The Labute approximate surface area is 169 Å². The third-order valence-electron chi connectivity index (χ3n) is 5.13. The highest BCUT2D eigenvalue weighted by atomic mass is 16.5. The van der Waals surface area contributed by atoms with Crippen molar-refractivity contribution in [2.45, 2.75) is 13.0 Å². The minimum Gasteiger partial charge on any atom is -0.497 e. The number of anilines is 2. The number of aromatic nitrogens is 1. The summed E-state index contributed by atoms with van der Waals surface area (Å²) in [7, 11) is 1.61. The second-order valence-corrected chi connectivity index (χ2v) is 6.97. The molecule has 2 amide bonds. The third kappa shape index (κ3) is 4.17. The summed E-state index contributed by atoms with van der Waals surface area (Å²) in [6.45, 7) is 3.48. The van der Waals surface area contributed by atoms with Gasteiger partial charge >= 0.3 is 6.03 Å². The van der Waals surface area contributed by atoms with Crippen LogP contribution in [0.4, 0.5) is 16.3 Å². The van der Waals surface area contributed by atoms with Crippen molar-refractivity contribution < 1.29 is 19.1 Å². The van der Waals surface area contributed by atoms with E-state index >= 15 is 0 Å². The smallest absolute Gasteiger partial charge is 0.322 e. The minimum absolute atomic E-state index is 0.0352. The highest BCUT2D eigenvalue weighted by Gasteiger charge is 2.29. The molecule has 1 N–H and O–H groups in total. The Morgan fingerprint density at radius 3 is 2.83 bits per heavy atom. The van der Waals surface area contributed by atoms with Gasteiger partial charge in [0.15, 0.2) is 5.78 Å². The van der Waals surface area contributed by atoms with Crippen LogP contribution in [-0.2, 0) is 11.3 Å². The summed E-state index contributed by atoms with van der Waals surface area (Å²) in [6, 6.07) is 11.0. The van der Waals surface area contributed by atoms with Gasteiger partial charge in [0, 0.05) is 32.6 Å². The lowest BCUT2D eigenvalue weighted by Gasteiger charge is -2.31. The molecule has 0 unspecified atom stereocenters. The topological polar surface area (TPSA) is 84.0 Å². The predicted molar refractivity (Wildman–Crippen MR) is 109 cm³/mol. The molecule has 1 aromatic carbocycles. The molecule has 2 aromatic rings. The first-order valence-corrected chi connectivity index (χ1v) is 9.71. The van der Waals surface area contributed by atoms with E-state index in [1.54, 1.807) is 12.0 Å². The van der Waals surface area contributed by atoms with Crippen molar-refractivity contribution in [2.24, 2.45) is 0 Å². The first-order chi connectivity index (χ1) is 14.2. The van der Waals surface area contributed by atoms with Gasteiger partial charge in [-0.2, -0.15) is 0 Å². The molecule has 1 aromatic heterocycles. The van der Waals surface area contributed by atoms with Gasteiger partial charge in [0.1, 0.15) is 17.3 Å². The molecule has 2 aliphatic rings. The number of carbonyl (C=O) groups is 2. The zero-order chi connectivity index (χ0) is 20.2. The molecule has 0 atom stereocenters. The van der Waals surface area contributed by atoms with Crippen molar-refractivity contribution in [3.05, 3.63) is 47.7 Å². The van der Waals surface area contributed by atoms with Crippen molar-refractivity contribution in [2.75, 3.05) is 49.8 Å². The average molecular weight is 396 g/mol. The van der Waals surface area contributed by atoms with Gasteiger partial charge in [-0.1, -0.05) is 12.1 Å². The van der Waals surface area contributed by atoms with Crippen molar-refractivity contribution in [3.8, 4) is 5.75 Å². The molecule has 2 aliphatic heterocycles. The van der Waals surface area contributed by atoms with Crippen LogP contribution in [-0.4, -0.2) is 56.8 Å². The zero-order valence-corrected chi connectivity index (χ0v) is 16.4. The van der Waals surface area contributed by atoms with E-state index in [1.807, 2.05) is 36.4 Å². The number of pyridine rings is 1. The molecule has 4 rings (SSSR count). The second kappa shape index (κ2) is 8.48. The lowest BCUT2D eigenvalue weighted by molar-refractivity contribution is 0.0976. The number of benzene rings is 1. The highest BCUT2D eigenvalue weighted by molar-refractivity contribution is 6.07. The van der Waals surface area contributed by atoms with E-state index in [0.29, 0.717) is 37.7 Å². The number of hydrogen-bond acceptors (Lipinski definition) is 6. The van der Waals surface area contributed by atoms with Crippen LogP contribution in [0, 0.1) is 0 Å². The summed E-state index contributed by atoms with van der Waals surface area (Å²) >= 11 is 0. The number of carbonyl (C=O) groups excluding carboxylic acids is 2. The van der Waals surface area contributed by atoms with E-state index < -0.39 is 0 Å². The fourth-order valence-electron chi connectivity index (χ4n) is 3.55. The Morgan fingerprint density at radius 2 is 2.03 bits per heavy atom. The molecule has 152 valence electrons. The number of hydrogen-bond donors (Lipinski definition) is 1. The number of morpholine rings is 1. The van der Waals surface area contributed by atoms with Crippen LogP contribution in [0.2, 0.25) is 0 Å². The van der Waals surface area contributed by atoms with E-state index in [4.69, 9.17) is 9.47 Å². The van der Waals surface area contributed by atoms with Crippen LogP contribution in [0.15, 0.2) is 36.4 Å². The van der Waals surface area contributed by atoms with Crippen molar-refractivity contribution in [1.29, 1.82) is 0 Å². The van der Waals surface area contributed by atoms with Crippen LogP contribution in [0.3, 0.4) is 0 Å². The quantitative estimate of drug-likeness (QED) is 0.853. The Kier molecular flexibility index (Phi) is 5.62. The second-order valence-electron chi connectivity index (χ2n) is 6.97. The molecule has 1 fully saturated rings. The molecular formula is C21H24N4O4. The van der Waals surface area contributed by atoms with Crippen molar-refractivity contribution in [1.82, 2.24) is 10.3 Å². The predicted octanol–water partition coefficient (Wildman–Crippen LogP) is 2.23. The standard InChI is InChI=1S/C21H24N4O4/c1-28-16-4-2-3-15(13-16)14-22-21(27)25-8-7-18(26)20-17(25)5-6-19(23-20)24-9-11-29-12-10-24/h2-6,13H,7-12,14H2,1H3,(H,22,27). The SMILES string of the molecule is COc1cccc(CNC(=O)N2CCC(=O)c3nc(N4CCOCC4)ccc32)c1. The van der Waals surface area contributed by atoms with E-state index in [9.17, 15) is 9.59 Å². The first kappa shape index (κ1) is 19.2. The maximum atomic E-state index is 12.8. The number of fused-ring (bicyclic) bond motifs is 1. The van der Waals surface area contributed by atoms with Gasteiger partial charge in [-0.25, -0.2) is 9.78 Å². The average Bonchev–Trinajstić information content (AvgIpc) is 2.78. The maximum Gasteiger partial charge on any atom is 0.322 e. The molecule has 8 nitrogen and oxygen atoms in total. The highest BCUT2D eigenvalue weighted by Crippen LogP contribution is 2.28. The zero-order valence-electron chi connectivity index (χ0n) is 16.4. The Bertz CT molecular complexity index is 911. The number of urea groups is 1. The lowest BCUT2D eigenvalue weighted by atomic mass is 10.1. The molecule has 0 spiro atoms. The first-order valence-electron chi connectivity index (χ1n) is 9.71. The third-order valence-corrected chi connectivity index (χ3v) is 5.13. The fourth-order valence-corrected chi connectivity index (χ4v) is 3.55. The molecule has 3 heterocycles. The number of nitrogens with one attached hydrogen (secondary N) is 1. The van der Waals surface area contributed by atoms with Gasteiger partial charge in [-0.15, -0.1) is 0 Å². The monoisotopic (exact) mass is 396 g/mol. The van der Waals surface area contributed by atoms with Crippen molar-refractivity contribution >= 4 is 23.3 Å². The largest absolute Gasteiger partial charge is 0.497 e. The van der Waals surface area contributed by atoms with Gasteiger partial charge in [0.2, 0.25) is 0 Å². The van der Waals surface area contributed by atoms with Crippen LogP contribution >= 0.6 is 0 Å². The van der Waals surface area contributed by atoms with E-state index in [0.717, 1.165) is 30.2 Å². The van der Waals surface area contributed by atoms with Gasteiger partial charge in [-0.3, -0.25) is 9.69 Å². The van der Waals surface area contributed by atoms with Gasteiger partial charge in [0.25, 0.3) is 0 Å². The number of Topliss-reactive ketones (excluding diaryl/α,β-unsaturated/α-hetero) is 1. The summed E-state index contributed by atoms with van der Waals surface area (Å²) in [5, 5.41) is 2.92. The van der Waals surface area contributed by atoms with E-state index in [2.05, 4.69) is 15.2 Å². The van der Waals surface area contributed by atoms with Crippen LogP contribution in [0.5, 0.6) is 5.75 Å². The lowest BCUT2D eigenvalue weighted by Crippen LogP contribution is -2.44. The van der Waals surface area contributed by atoms with E-state index in [1.165, 1.54) is 0 Å². The van der Waals surface area contributed by atoms with Crippen LogP contribution < -0.4 is 19.9 Å². The Morgan fingerprint density at radius 1 is 1.21 bits per heavy atom. The normalized spacial score (nSPS) is 16.4. The molecular weight excluding hydrogens is 372 g/mol. The van der Waals surface area contributed by atoms with Crippen molar-refractivity contribution in [3.63, 3.8) is 0 Å². The van der Waals surface area contributed by atoms with Crippen LogP contribution in [0.25, 0.3) is 0 Å². The molecule has 0 bridgehead atoms. The molecule has 0 aliphatic carbocycles. The van der Waals surface area contributed by atoms with Gasteiger partial charge in [-0.05, 0) is 29.8 Å². The number of ketones is 1. The Balaban J connectivity index is 1.49. The Hall–Kier alpha value is -3.13. The molecule has 0 radical (unpaired) electrons. The summed E-state index contributed by atoms with van der Waals surface area (Å²) in [4.78, 5) is 33.5. The molecule has 8 heteroatoms. The summed E-state index contributed by atoms with van der Waals surface area (Å²) in [5.74, 6) is 1.46. The minimum atomic E-state index is -0.248. The number of ether oxygens (including phenoxy) is 2. The molecule has 29 heavy (non-hydrogen) atoms. The van der Waals surface area contributed by atoms with Crippen LogP contribution in [0.1, 0.15) is 22.5 Å². The maximum absolute atomic E-state index is 12.8. The fraction of sp³-hybridized carbons (Fsp3) is 0.381. The summed E-state index contributed by atoms with van der Waals surface area (Å²) in [6.07, 6.45) is 0.263. The number of rotatable bonds is 4. The summed E-state index contributed by atoms with van der Waals surface area (Å²) < 4.78 is 10.6. The number of amides is 2. The summed E-state index contributed by atoms with van der Waals surface area (Å²) in [5.41, 5.74) is 1.85. The van der Waals surface area contributed by atoms with Gasteiger partial charge < -0.3 is 19.7 Å².